The van der Waals surface area contributed by atoms with Crippen molar-refractivity contribution in [2.45, 2.75) is 5.92 Å². The molecule has 0 aliphatic carbocycles. The van der Waals surface area contributed by atoms with Crippen molar-refractivity contribution in [1.82, 2.24) is 20.1 Å². The maximum Gasteiger partial charge on any atom is 0.234 e. The van der Waals surface area contributed by atoms with Crippen LogP contribution >= 0.6 is 0 Å². The average Bonchev–Trinajstić information content (AvgIpc) is 2.91. The van der Waals surface area contributed by atoms with Crippen LogP contribution in [0, 0.1) is 0 Å². The Morgan fingerprint density at radius 2 is 1.35 bits per heavy atom. The minimum atomic E-state index is -0.299. The summed E-state index contributed by atoms with van der Waals surface area (Å²) in [5, 5.41) is 11.9. The number of piperazine rings is 1. The van der Waals surface area contributed by atoms with Crippen molar-refractivity contribution in [3.8, 4) is 0 Å². The molecule has 2 aromatic carbocycles. The van der Waals surface area contributed by atoms with Gasteiger partial charge < -0.3 is 15.1 Å². The van der Waals surface area contributed by atoms with Gasteiger partial charge in [-0.25, -0.2) is 0 Å². The van der Waals surface area contributed by atoms with Gasteiger partial charge in [0.25, 0.3) is 0 Å². The molecule has 1 aliphatic heterocycles. The number of hydrogen-bond acceptors (Lipinski definition) is 6. The Morgan fingerprint density at radius 3 is 1.91 bits per heavy atom. The van der Waals surface area contributed by atoms with Gasteiger partial charge in [0.05, 0.1) is 5.92 Å². The number of carbonyl (C=O) groups is 1. The molecule has 1 saturated heterocycles. The first-order valence-corrected chi connectivity index (χ1v) is 11.4. The number of benzene rings is 2. The van der Waals surface area contributed by atoms with E-state index >= 15 is 0 Å². The molecule has 2 aromatic heterocycles. The Bertz CT molecular complexity index is 1150. The van der Waals surface area contributed by atoms with Crippen LogP contribution in [0.15, 0.2) is 97.3 Å². The van der Waals surface area contributed by atoms with Crippen LogP contribution in [-0.4, -0.2) is 52.2 Å². The van der Waals surface area contributed by atoms with Crippen molar-refractivity contribution < 1.29 is 4.79 Å². The molecule has 4 aromatic rings. The molecule has 0 radical (unpaired) electrons. The Hall–Kier alpha value is -4.26. The van der Waals surface area contributed by atoms with Gasteiger partial charge in [-0.3, -0.25) is 9.78 Å². The Morgan fingerprint density at radius 1 is 0.735 bits per heavy atom. The molecule has 1 fully saturated rings. The molecule has 0 spiro atoms. The maximum absolute atomic E-state index is 13.6. The van der Waals surface area contributed by atoms with Crippen LogP contribution in [0.2, 0.25) is 0 Å². The predicted molar refractivity (Wildman–Crippen MR) is 133 cm³/mol. The highest BCUT2D eigenvalue weighted by Gasteiger charge is 2.30. The summed E-state index contributed by atoms with van der Waals surface area (Å²) >= 11 is 0. The lowest BCUT2D eigenvalue weighted by molar-refractivity contribution is -0.132. The number of anilines is 3. The lowest BCUT2D eigenvalue weighted by Crippen LogP contribution is -2.50. The van der Waals surface area contributed by atoms with Crippen LogP contribution in [0.1, 0.15) is 17.0 Å². The number of hydrogen-bond donors (Lipinski definition) is 1. The van der Waals surface area contributed by atoms with E-state index in [-0.39, 0.29) is 11.8 Å². The monoisotopic (exact) mass is 450 g/mol. The van der Waals surface area contributed by atoms with Gasteiger partial charge >= 0.3 is 0 Å². The van der Waals surface area contributed by atoms with Crippen molar-refractivity contribution >= 4 is 23.2 Å². The van der Waals surface area contributed by atoms with E-state index in [1.165, 1.54) is 0 Å². The number of aromatic nitrogens is 3. The molecule has 7 nitrogen and oxygen atoms in total. The quantitative estimate of drug-likeness (QED) is 0.477. The third-order valence-corrected chi connectivity index (χ3v) is 6.03. The summed E-state index contributed by atoms with van der Waals surface area (Å²) in [6.45, 7) is 2.73. The minimum Gasteiger partial charge on any atom is -0.352 e. The maximum atomic E-state index is 13.6. The number of carbonyl (C=O) groups excluding carboxylic acids is 1. The molecular weight excluding hydrogens is 424 g/mol. The summed E-state index contributed by atoms with van der Waals surface area (Å²) < 4.78 is 0. The first kappa shape index (κ1) is 21.6. The molecule has 0 atom stereocenters. The third kappa shape index (κ3) is 4.88. The van der Waals surface area contributed by atoms with Gasteiger partial charge in [-0.1, -0.05) is 60.7 Å². The summed E-state index contributed by atoms with van der Waals surface area (Å²) in [5.41, 5.74) is 2.95. The lowest BCUT2D eigenvalue weighted by Gasteiger charge is -2.37. The fourth-order valence-electron chi connectivity index (χ4n) is 4.25. The van der Waals surface area contributed by atoms with Gasteiger partial charge in [-0.05, 0) is 35.4 Å². The highest BCUT2D eigenvalue weighted by molar-refractivity contribution is 5.87. The van der Waals surface area contributed by atoms with E-state index in [4.69, 9.17) is 0 Å². The van der Waals surface area contributed by atoms with E-state index in [2.05, 4.69) is 25.4 Å². The molecular formula is C27H26N6O. The van der Waals surface area contributed by atoms with Gasteiger partial charge in [0.2, 0.25) is 5.91 Å². The van der Waals surface area contributed by atoms with Gasteiger partial charge in [-0.15, -0.1) is 10.2 Å². The molecule has 3 heterocycles. The van der Waals surface area contributed by atoms with Crippen LogP contribution in [0.25, 0.3) is 0 Å². The number of amides is 1. The normalized spacial score (nSPS) is 13.7. The molecule has 1 N–H and O–H groups in total. The third-order valence-electron chi connectivity index (χ3n) is 6.03. The van der Waals surface area contributed by atoms with E-state index in [1.54, 1.807) is 12.4 Å². The van der Waals surface area contributed by atoms with Crippen LogP contribution in [0.4, 0.5) is 17.3 Å². The van der Waals surface area contributed by atoms with Gasteiger partial charge in [0.15, 0.2) is 11.6 Å². The largest absolute Gasteiger partial charge is 0.352 e. The summed E-state index contributed by atoms with van der Waals surface area (Å²) in [6.07, 6.45) is 3.45. The molecule has 170 valence electrons. The van der Waals surface area contributed by atoms with Gasteiger partial charge in [0, 0.05) is 44.3 Å². The van der Waals surface area contributed by atoms with Crippen LogP contribution in [0.5, 0.6) is 0 Å². The molecule has 0 unspecified atom stereocenters. The SMILES string of the molecule is O=C(C(c1ccccc1)c1ccccc1)N1CCN(c2ccc(Nc3ccncc3)nn2)CC1. The van der Waals surface area contributed by atoms with Gasteiger partial charge in [0.1, 0.15) is 0 Å². The van der Waals surface area contributed by atoms with Crippen molar-refractivity contribution in [3.05, 3.63) is 108 Å². The summed E-state index contributed by atoms with van der Waals surface area (Å²) in [7, 11) is 0. The first-order chi connectivity index (χ1) is 16.8. The van der Waals surface area contributed by atoms with E-state index in [0.717, 1.165) is 22.6 Å². The standard InChI is InChI=1S/C27H26N6O/c34-27(26(21-7-3-1-4-8-21)22-9-5-2-6-10-22)33-19-17-32(18-20-33)25-12-11-24(30-31-25)29-23-13-15-28-16-14-23/h1-16,26H,17-20H2,(H,28,29,30). The molecule has 1 amide bonds. The zero-order chi connectivity index (χ0) is 23.2. The van der Waals surface area contributed by atoms with Crippen molar-refractivity contribution in [2.24, 2.45) is 0 Å². The topological polar surface area (TPSA) is 74.2 Å². The van der Waals surface area contributed by atoms with E-state index in [0.29, 0.717) is 32.0 Å². The highest BCUT2D eigenvalue weighted by Crippen LogP contribution is 2.28. The average molecular weight is 451 g/mol. The molecule has 7 heteroatoms. The Balaban J connectivity index is 1.25. The molecule has 0 bridgehead atoms. The number of nitrogens with one attached hydrogen (secondary N) is 1. The second-order valence-electron chi connectivity index (χ2n) is 8.20. The van der Waals surface area contributed by atoms with Gasteiger partial charge in [-0.2, -0.15) is 0 Å². The minimum absolute atomic E-state index is 0.139. The summed E-state index contributed by atoms with van der Waals surface area (Å²) in [5.74, 6) is 1.33. The first-order valence-electron chi connectivity index (χ1n) is 11.4. The van der Waals surface area contributed by atoms with E-state index in [1.807, 2.05) is 89.8 Å². The lowest BCUT2D eigenvalue weighted by atomic mass is 9.90. The highest BCUT2D eigenvalue weighted by atomic mass is 16.2. The molecule has 0 saturated carbocycles. The number of pyridine rings is 1. The zero-order valence-electron chi connectivity index (χ0n) is 18.8. The molecule has 5 rings (SSSR count). The zero-order valence-corrected chi connectivity index (χ0v) is 18.8. The smallest absolute Gasteiger partial charge is 0.234 e. The van der Waals surface area contributed by atoms with Crippen LogP contribution < -0.4 is 10.2 Å². The van der Waals surface area contributed by atoms with Crippen LogP contribution in [-0.2, 0) is 4.79 Å². The molecule has 34 heavy (non-hydrogen) atoms. The molecule has 1 aliphatic rings. The van der Waals surface area contributed by atoms with Crippen molar-refractivity contribution in [3.63, 3.8) is 0 Å². The fraction of sp³-hybridized carbons (Fsp3) is 0.185. The van der Waals surface area contributed by atoms with Crippen LogP contribution in [0.3, 0.4) is 0 Å². The Labute approximate surface area is 199 Å². The number of nitrogens with zero attached hydrogens (tertiary/aromatic N) is 5. The predicted octanol–water partition coefficient (Wildman–Crippen LogP) is 4.10. The fourth-order valence-corrected chi connectivity index (χ4v) is 4.25. The van der Waals surface area contributed by atoms with E-state index in [9.17, 15) is 4.79 Å². The Kier molecular flexibility index (Phi) is 6.42. The number of rotatable bonds is 6. The second-order valence-corrected chi connectivity index (χ2v) is 8.20. The summed E-state index contributed by atoms with van der Waals surface area (Å²) in [4.78, 5) is 21.8. The van der Waals surface area contributed by atoms with Crippen molar-refractivity contribution in [1.29, 1.82) is 0 Å². The summed E-state index contributed by atoms with van der Waals surface area (Å²) in [6, 6.07) is 27.7. The van der Waals surface area contributed by atoms with E-state index < -0.39 is 0 Å². The second kappa shape index (κ2) is 10.1. The van der Waals surface area contributed by atoms with Crippen molar-refractivity contribution in [2.75, 3.05) is 36.4 Å².